The van der Waals surface area contributed by atoms with Gasteiger partial charge in [-0.2, -0.15) is 0 Å². The van der Waals surface area contributed by atoms with E-state index >= 15 is 0 Å². The minimum atomic E-state index is -0.439. The Bertz CT molecular complexity index is 4040. The van der Waals surface area contributed by atoms with Gasteiger partial charge in [-0.3, -0.25) is 30.0 Å². The molecule has 0 aliphatic rings. The Balaban J connectivity index is 0.000000473. The third kappa shape index (κ3) is 38.7. The molecular weight excluding hydrogens is 1680 g/mol. The summed E-state index contributed by atoms with van der Waals surface area (Å²) in [5, 5.41) is 136. The number of aliphatic imine (C=N–C) groups is 6. The minimum absolute atomic E-state index is 0. The van der Waals surface area contributed by atoms with E-state index in [4.69, 9.17) is 0 Å². The van der Waals surface area contributed by atoms with Crippen molar-refractivity contribution in [3.63, 3.8) is 0 Å². The van der Waals surface area contributed by atoms with Crippen molar-refractivity contribution in [2.45, 2.75) is 57.0 Å². The predicted octanol–water partition coefficient (Wildman–Crippen LogP) is 7.61. The molecule has 0 saturated heterocycles. The van der Waals surface area contributed by atoms with Gasteiger partial charge in [0.15, 0.2) is 0 Å². The fourth-order valence-corrected chi connectivity index (χ4v) is 10.7. The summed E-state index contributed by atoms with van der Waals surface area (Å²) in [6, 6.07) is 93.3. The molecule has 621 valence electrons. The van der Waals surface area contributed by atoms with Crippen LogP contribution in [0.1, 0.15) is 124 Å². The summed E-state index contributed by atoms with van der Waals surface area (Å²) < 4.78 is 0. The average molecular weight is 1770 g/mol. The normalized spacial score (nSPS) is 12.2. The van der Waals surface area contributed by atoms with Crippen LogP contribution in [0.15, 0.2) is 358 Å². The molecule has 0 saturated carbocycles. The van der Waals surface area contributed by atoms with E-state index < -0.39 is 36.3 Å². The van der Waals surface area contributed by atoms with Crippen LogP contribution in [0.5, 0.6) is 34.5 Å². The van der Waals surface area contributed by atoms with Gasteiger partial charge in [0, 0.05) is 37.3 Å². The zero-order chi connectivity index (χ0) is 82.5. The summed E-state index contributed by atoms with van der Waals surface area (Å²) in [7, 11) is 0. The van der Waals surface area contributed by atoms with E-state index in [1.54, 1.807) is 114 Å². The van der Waals surface area contributed by atoms with Gasteiger partial charge in [0.1, 0.15) is 0 Å². The maximum atomic E-state index is 11.5. The zero-order valence-corrected chi connectivity index (χ0v) is 70.0. The molecule has 1 N–H and O–H groups in total. The third-order valence-electron chi connectivity index (χ3n) is 17.4. The number of rotatable bonds is 27. The molecule has 0 unspecified atom stereocenters. The van der Waals surface area contributed by atoms with Gasteiger partial charge in [-0.15, -0.1) is 74.1 Å². The second-order valence-corrected chi connectivity index (χ2v) is 25.3. The van der Waals surface area contributed by atoms with Gasteiger partial charge in [0.25, 0.3) is 0 Å². The van der Waals surface area contributed by atoms with Gasteiger partial charge < -0.3 is 66.2 Å². The number of para-hydroxylation sites is 6. The molecule has 12 aromatic carbocycles. The van der Waals surface area contributed by atoms with Crippen molar-refractivity contribution in [1.29, 1.82) is 0 Å². The number of hydrogen-bond donors (Lipinski definition) is 1. The fourth-order valence-electron chi connectivity index (χ4n) is 10.7. The van der Waals surface area contributed by atoms with E-state index in [1.807, 2.05) is 182 Å². The smallest absolute Gasteiger partial charge is 0.872 e. The van der Waals surface area contributed by atoms with E-state index in [0.29, 0.717) is 33.4 Å². The number of hydrogen-bond acceptors (Lipinski definition) is 18. The van der Waals surface area contributed by atoms with Crippen LogP contribution in [0.25, 0.3) is 0 Å². The van der Waals surface area contributed by atoms with E-state index in [-0.39, 0.29) is 141 Å². The summed E-state index contributed by atoms with van der Waals surface area (Å²) in [6.45, 7) is 8.50. The summed E-state index contributed by atoms with van der Waals surface area (Å²) in [5.41, 5.74) is 8.24. The molecule has 0 heterocycles. The molecule has 0 amide bonds. The Morgan fingerprint density at radius 2 is 0.328 bits per heavy atom. The molecule has 12 rings (SSSR count). The molecule has 0 aliphatic carbocycles. The van der Waals surface area contributed by atoms with Crippen LogP contribution >= 0.6 is 0 Å². The quantitative estimate of drug-likeness (QED) is 0.0486. The topological polar surface area (TPSA) is 355 Å². The number of benzene rings is 12. The van der Waals surface area contributed by atoms with Crippen LogP contribution in [-0.4, -0.2) is 96.6 Å². The number of nitrogens with one attached hydrogen (secondary N) is 1. The Labute approximate surface area is 740 Å². The molecule has 1 radical (unpaired) electrons. The first kappa shape index (κ1) is 104. The van der Waals surface area contributed by atoms with Crippen LogP contribution in [-0.2, 0) is 67.1 Å². The summed E-state index contributed by atoms with van der Waals surface area (Å²) >= 11 is 0. The van der Waals surface area contributed by atoms with Gasteiger partial charge in [0.05, 0.1) is 55.9 Å². The minimum Gasteiger partial charge on any atom is -0.872 e. The van der Waals surface area contributed by atoms with Gasteiger partial charge >= 0.3 is 67.1 Å². The van der Waals surface area contributed by atoms with E-state index in [9.17, 15) is 61.3 Å². The molecule has 0 spiro atoms. The fraction of sp³-hybridized carbons (Fsp3) is 0.188. The Hall–Kier alpha value is -10.8. The Morgan fingerprint density at radius 1 is 0.210 bits per heavy atom. The van der Waals surface area contributed by atoms with Crippen molar-refractivity contribution >= 4 is 37.3 Å². The van der Waals surface area contributed by atoms with Gasteiger partial charge in [0.2, 0.25) is 0 Å². The van der Waals surface area contributed by atoms with Gasteiger partial charge in [-0.25, -0.2) is 0 Å². The van der Waals surface area contributed by atoms with Crippen LogP contribution in [0, 0.1) is 0 Å². The Kier molecular flexibility index (Phi) is 54.7. The summed E-state index contributed by atoms with van der Waals surface area (Å²) in [6.07, 6.45) is 8.90. The molecule has 0 fully saturated rings. The first-order valence-electron chi connectivity index (χ1n) is 37.6. The monoisotopic (exact) mass is 1770 g/mol. The summed E-state index contributed by atoms with van der Waals surface area (Å²) in [5.74, 6) is -0.506. The SMILES string of the molecule is CC[NH+](CC)CC.[Co+2].[Co+3].[Co+3].[Co+3].[O-]C[C@H](N=Cc1ccccc1[O-])c1ccccc1.[O-]C[C@H](N=Cc1ccccc1[O-])c1ccccc1.[O-]C[C@H](N=Cc1ccccc1[O-])c1ccccc1.[O-]C[C@H](N=Cc1ccccc1[O-])c1ccccc1.[O-]C[C@H](N=Cc1ccccc1[O-])c1ccccc1.[O-]C[C@H](N=Cc1ccccc1[O-])c1ccccc1. The second-order valence-electron chi connectivity index (χ2n) is 25.3. The van der Waals surface area contributed by atoms with E-state index in [2.05, 4.69) is 50.7 Å². The molecule has 119 heavy (non-hydrogen) atoms. The molecule has 0 aromatic heterocycles. The van der Waals surface area contributed by atoms with Crippen LogP contribution in [0.4, 0.5) is 0 Å². The van der Waals surface area contributed by atoms with Crippen LogP contribution in [0.3, 0.4) is 0 Å². The molecule has 0 aliphatic heterocycles. The molecule has 19 nitrogen and oxygen atoms in total. The van der Waals surface area contributed by atoms with E-state index in [0.717, 1.165) is 33.4 Å². The number of nitrogens with zero attached hydrogens (tertiary/aromatic N) is 6. The summed E-state index contributed by atoms with van der Waals surface area (Å²) in [4.78, 5) is 26.9. The second kappa shape index (κ2) is 62.4. The standard InChI is InChI=1S/6C15H14NO2.C6H15N.4Co/c6*17-11-14(12-6-2-1-3-7-12)16-10-13-8-4-5-9-15(13)18;1-4-7(5-2)6-3;;;;/h6*1-10,14,18H,11H2;4-6H2,1-3H3;;;;/q6*-1;;+2;3*+3/p-5/t6*14-;;;;;/m000000...../s1. The molecule has 12 aromatic rings. The third-order valence-corrected chi connectivity index (χ3v) is 17.4. The largest absolute Gasteiger partial charge is 3.00 e. The van der Waals surface area contributed by atoms with Crippen molar-refractivity contribution in [2.24, 2.45) is 30.0 Å². The van der Waals surface area contributed by atoms with Crippen molar-refractivity contribution in [3.05, 3.63) is 394 Å². The van der Waals surface area contributed by atoms with Crippen molar-refractivity contribution < 1.29 is 133 Å². The maximum Gasteiger partial charge on any atom is 3.00 e. The molecule has 0 bridgehead atoms. The Morgan fingerprint density at radius 3 is 0.429 bits per heavy atom. The van der Waals surface area contributed by atoms with Gasteiger partial charge in [-0.05, 0) is 87.5 Å². The first-order valence-corrected chi connectivity index (χ1v) is 37.6. The van der Waals surface area contributed by atoms with Crippen molar-refractivity contribution in [2.75, 3.05) is 59.3 Å². The van der Waals surface area contributed by atoms with Crippen LogP contribution < -0.4 is 66.2 Å². The predicted molar refractivity (Wildman–Crippen MR) is 438 cm³/mol. The van der Waals surface area contributed by atoms with Crippen LogP contribution in [0.2, 0.25) is 0 Å². The number of quaternary nitrogens is 1. The first-order chi connectivity index (χ1) is 56.2. The van der Waals surface area contributed by atoms with E-state index in [1.165, 1.54) is 93.3 Å². The molecular formula is C96H94Co4N7O12. The molecule has 23 heteroatoms. The molecule has 6 atom stereocenters. The van der Waals surface area contributed by atoms with Crippen molar-refractivity contribution in [1.82, 2.24) is 0 Å². The van der Waals surface area contributed by atoms with Gasteiger partial charge in [-0.1, -0.05) is 328 Å². The maximum absolute atomic E-state index is 11.5. The van der Waals surface area contributed by atoms with Crippen molar-refractivity contribution in [3.8, 4) is 34.5 Å². The average Bonchev–Trinajstić information content (AvgIpc) is 0.897. The zero-order valence-electron chi connectivity index (χ0n) is 65.9.